The number of rotatable bonds is 6. The third-order valence-corrected chi connectivity index (χ3v) is 5.91. The van der Waals surface area contributed by atoms with Crippen LogP contribution in [0.3, 0.4) is 0 Å². The average Bonchev–Trinajstić information content (AvgIpc) is 3.37. The molecule has 2 aliphatic heterocycles. The number of benzene rings is 1. The molecule has 0 saturated carbocycles. The molecule has 0 aliphatic carbocycles. The molecule has 5 heteroatoms. The Balaban J connectivity index is 1.60. The Bertz CT molecular complexity index is 731. The van der Waals surface area contributed by atoms with E-state index in [1.54, 1.807) is 19.6 Å². The molecule has 3 heterocycles. The maximum atomic E-state index is 13.4. The monoisotopic (exact) mass is 354 g/mol. The highest BCUT2D eigenvalue weighted by Gasteiger charge is 2.56. The number of nitrogens with zero attached hydrogens (tertiary/aromatic N) is 2. The number of furan rings is 1. The zero-order valence-corrected chi connectivity index (χ0v) is 15.3. The van der Waals surface area contributed by atoms with Gasteiger partial charge in [-0.3, -0.25) is 9.69 Å². The molecule has 4 rings (SSSR count). The maximum Gasteiger partial charge on any atom is 0.230 e. The zero-order valence-electron chi connectivity index (χ0n) is 15.3. The number of hydrogen-bond donors (Lipinski definition) is 0. The minimum Gasteiger partial charge on any atom is -0.472 e. The second-order valence-electron chi connectivity index (χ2n) is 7.46. The first-order chi connectivity index (χ1) is 12.7. The van der Waals surface area contributed by atoms with Gasteiger partial charge in [0.05, 0.1) is 24.5 Å². The van der Waals surface area contributed by atoms with E-state index in [2.05, 4.69) is 29.2 Å². The van der Waals surface area contributed by atoms with Crippen LogP contribution in [0.1, 0.15) is 23.5 Å². The second-order valence-corrected chi connectivity index (χ2v) is 7.46. The van der Waals surface area contributed by atoms with Gasteiger partial charge >= 0.3 is 0 Å². The predicted octanol–water partition coefficient (Wildman–Crippen LogP) is 2.74. The molecule has 2 fully saturated rings. The van der Waals surface area contributed by atoms with Gasteiger partial charge in [0.25, 0.3) is 0 Å². The van der Waals surface area contributed by atoms with Crippen molar-refractivity contribution in [3.8, 4) is 0 Å². The molecule has 1 amide bonds. The zero-order chi connectivity index (χ0) is 18.0. The number of likely N-dealkylation sites (tertiary alicyclic amines) is 2. The molecule has 1 spiro atoms. The van der Waals surface area contributed by atoms with Gasteiger partial charge in [0.1, 0.15) is 0 Å². The third kappa shape index (κ3) is 3.06. The summed E-state index contributed by atoms with van der Waals surface area (Å²) in [6.07, 6.45) is 4.42. The fourth-order valence-electron chi connectivity index (χ4n) is 4.62. The standard InChI is InChI=1S/C21H26N2O3/c1-25-12-10-23-9-8-21(20(23)24)16-22(13-17-7-11-26-15-17)14-19(21)18-5-3-2-4-6-18/h2-7,11,15,19H,8-10,12-14,16H2,1H3/t19-,21+/m1/s1. The smallest absolute Gasteiger partial charge is 0.230 e. The van der Waals surface area contributed by atoms with E-state index in [0.717, 1.165) is 38.2 Å². The highest BCUT2D eigenvalue weighted by molar-refractivity contribution is 5.87. The quantitative estimate of drug-likeness (QED) is 0.800. The molecule has 0 bridgehead atoms. The third-order valence-electron chi connectivity index (χ3n) is 5.91. The molecule has 2 atom stereocenters. The normalized spacial score (nSPS) is 26.3. The SMILES string of the molecule is COCCN1CC[C@@]2(CN(Cc3ccoc3)C[C@@H]2c2ccccc2)C1=O. The fraction of sp³-hybridized carbons (Fsp3) is 0.476. The summed E-state index contributed by atoms with van der Waals surface area (Å²) in [5, 5.41) is 0. The molecular formula is C21H26N2O3. The largest absolute Gasteiger partial charge is 0.472 e. The van der Waals surface area contributed by atoms with E-state index in [9.17, 15) is 4.79 Å². The van der Waals surface area contributed by atoms with Crippen LogP contribution in [-0.4, -0.2) is 55.6 Å². The van der Waals surface area contributed by atoms with Gasteiger partial charge in [-0.2, -0.15) is 0 Å². The molecule has 0 radical (unpaired) electrons. The summed E-state index contributed by atoms with van der Waals surface area (Å²) in [6, 6.07) is 12.5. The van der Waals surface area contributed by atoms with Gasteiger partial charge in [-0.05, 0) is 18.1 Å². The molecule has 2 aromatic rings. The summed E-state index contributed by atoms with van der Waals surface area (Å²) in [7, 11) is 1.69. The fourth-order valence-corrected chi connectivity index (χ4v) is 4.62. The van der Waals surface area contributed by atoms with Crippen LogP contribution in [0.25, 0.3) is 0 Å². The van der Waals surface area contributed by atoms with E-state index in [-0.39, 0.29) is 17.2 Å². The highest BCUT2D eigenvalue weighted by Crippen LogP contribution is 2.50. The summed E-state index contributed by atoms with van der Waals surface area (Å²) in [5.74, 6) is 0.522. The Morgan fingerprint density at radius 3 is 2.85 bits per heavy atom. The predicted molar refractivity (Wildman–Crippen MR) is 98.7 cm³/mol. The minimum atomic E-state index is -0.321. The van der Waals surface area contributed by atoms with Crippen LogP contribution in [0, 0.1) is 5.41 Å². The van der Waals surface area contributed by atoms with Crippen molar-refractivity contribution in [1.29, 1.82) is 0 Å². The molecular weight excluding hydrogens is 328 g/mol. The van der Waals surface area contributed by atoms with Crippen LogP contribution < -0.4 is 0 Å². The maximum absolute atomic E-state index is 13.4. The molecule has 2 saturated heterocycles. The lowest BCUT2D eigenvalue weighted by Crippen LogP contribution is -2.40. The first-order valence-corrected chi connectivity index (χ1v) is 9.29. The Morgan fingerprint density at radius 2 is 2.12 bits per heavy atom. The van der Waals surface area contributed by atoms with Crippen molar-refractivity contribution in [1.82, 2.24) is 9.80 Å². The lowest BCUT2D eigenvalue weighted by Gasteiger charge is -2.29. The highest BCUT2D eigenvalue weighted by atomic mass is 16.5. The number of carbonyl (C=O) groups is 1. The summed E-state index contributed by atoms with van der Waals surface area (Å²) in [6.45, 7) is 4.63. The lowest BCUT2D eigenvalue weighted by atomic mass is 9.73. The van der Waals surface area contributed by atoms with Crippen LogP contribution in [0.4, 0.5) is 0 Å². The Labute approximate surface area is 154 Å². The second kappa shape index (κ2) is 7.25. The number of hydrogen-bond acceptors (Lipinski definition) is 4. The molecule has 26 heavy (non-hydrogen) atoms. The molecule has 1 aromatic heterocycles. The van der Waals surface area contributed by atoms with Crippen molar-refractivity contribution >= 4 is 5.91 Å². The van der Waals surface area contributed by atoms with Gasteiger partial charge in [-0.15, -0.1) is 0 Å². The van der Waals surface area contributed by atoms with Crippen molar-refractivity contribution in [2.24, 2.45) is 5.41 Å². The topological polar surface area (TPSA) is 45.9 Å². The van der Waals surface area contributed by atoms with E-state index in [1.807, 2.05) is 17.0 Å². The molecule has 2 aliphatic rings. The van der Waals surface area contributed by atoms with Crippen molar-refractivity contribution in [3.63, 3.8) is 0 Å². The van der Waals surface area contributed by atoms with E-state index in [4.69, 9.17) is 9.15 Å². The Kier molecular flexibility index (Phi) is 4.83. The molecule has 138 valence electrons. The Hall–Kier alpha value is -2.11. The van der Waals surface area contributed by atoms with Crippen LogP contribution >= 0.6 is 0 Å². The molecule has 0 unspecified atom stereocenters. The minimum absolute atomic E-state index is 0.232. The van der Waals surface area contributed by atoms with E-state index in [1.165, 1.54) is 5.56 Å². The van der Waals surface area contributed by atoms with Gasteiger partial charge in [0.15, 0.2) is 0 Å². The van der Waals surface area contributed by atoms with Crippen molar-refractivity contribution < 1.29 is 13.9 Å². The van der Waals surface area contributed by atoms with E-state index < -0.39 is 0 Å². The van der Waals surface area contributed by atoms with Crippen LogP contribution in [0.2, 0.25) is 0 Å². The number of amides is 1. The Morgan fingerprint density at radius 1 is 1.27 bits per heavy atom. The van der Waals surface area contributed by atoms with Gasteiger partial charge in [-0.1, -0.05) is 30.3 Å². The first kappa shape index (κ1) is 17.3. The summed E-state index contributed by atoms with van der Waals surface area (Å²) >= 11 is 0. The first-order valence-electron chi connectivity index (χ1n) is 9.29. The van der Waals surface area contributed by atoms with Crippen molar-refractivity contribution in [2.75, 3.05) is 39.9 Å². The van der Waals surface area contributed by atoms with Gasteiger partial charge in [0.2, 0.25) is 5.91 Å². The summed E-state index contributed by atoms with van der Waals surface area (Å²) in [5.41, 5.74) is 2.11. The molecule has 0 N–H and O–H groups in total. The van der Waals surface area contributed by atoms with E-state index in [0.29, 0.717) is 13.2 Å². The van der Waals surface area contributed by atoms with E-state index >= 15 is 0 Å². The van der Waals surface area contributed by atoms with Gasteiger partial charge < -0.3 is 14.1 Å². The average molecular weight is 354 g/mol. The van der Waals surface area contributed by atoms with Gasteiger partial charge in [0, 0.05) is 51.3 Å². The van der Waals surface area contributed by atoms with Crippen LogP contribution in [-0.2, 0) is 16.1 Å². The summed E-state index contributed by atoms with van der Waals surface area (Å²) in [4.78, 5) is 17.8. The van der Waals surface area contributed by atoms with Crippen molar-refractivity contribution in [3.05, 3.63) is 60.1 Å². The number of ether oxygens (including phenoxy) is 1. The number of carbonyl (C=O) groups excluding carboxylic acids is 1. The number of methoxy groups -OCH3 is 1. The van der Waals surface area contributed by atoms with Crippen LogP contribution in [0.5, 0.6) is 0 Å². The summed E-state index contributed by atoms with van der Waals surface area (Å²) < 4.78 is 10.4. The lowest BCUT2D eigenvalue weighted by molar-refractivity contribution is -0.136. The van der Waals surface area contributed by atoms with Gasteiger partial charge in [-0.25, -0.2) is 0 Å². The van der Waals surface area contributed by atoms with Crippen LogP contribution in [0.15, 0.2) is 53.3 Å². The molecule has 5 nitrogen and oxygen atoms in total. The molecule has 1 aromatic carbocycles. The van der Waals surface area contributed by atoms with Crippen molar-refractivity contribution in [2.45, 2.75) is 18.9 Å².